The maximum absolute atomic E-state index is 6.18. The number of rotatable bonds is 4. The maximum Gasteiger partial charge on any atom is 0.142 e. The molecule has 0 aliphatic carbocycles. The van der Waals surface area contributed by atoms with Crippen molar-refractivity contribution in [3.63, 3.8) is 0 Å². The molecule has 19 heavy (non-hydrogen) atoms. The van der Waals surface area contributed by atoms with Gasteiger partial charge in [0.05, 0.1) is 22.1 Å². The molecule has 2 N–H and O–H groups in total. The summed E-state index contributed by atoms with van der Waals surface area (Å²) in [6.45, 7) is 4.47. The molecule has 0 saturated heterocycles. The van der Waals surface area contributed by atoms with Crippen LogP contribution in [0.2, 0.25) is 5.02 Å². The van der Waals surface area contributed by atoms with Crippen LogP contribution in [0.1, 0.15) is 22.8 Å². The SMILES string of the molecule is Cc1ccc(OCc2c(Cl)c(C)nn2C)c(CN)n1. The van der Waals surface area contributed by atoms with Gasteiger partial charge in [-0.3, -0.25) is 9.67 Å². The quantitative estimate of drug-likeness (QED) is 0.932. The van der Waals surface area contributed by atoms with E-state index in [9.17, 15) is 0 Å². The molecule has 2 aromatic rings. The van der Waals surface area contributed by atoms with Gasteiger partial charge in [-0.2, -0.15) is 5.10 Å². The molecular weight excluding hydrogens is 264 g/mol. The molecule has 0 aliphatic rings. The topological polar surface area (TPSA) is 66.0 Å². The molecule has 0 fully saturated rings. The Balaban J connectivity index is 2.19. The summed E-state index contributed by atoms with van der Waals surface area (Å²) in [5, 5.41) is 4.88. The zero-order valence-corrected chi connectivity index (χ0v) is 12.0. The third-order valence-electron chi connectivity index (χ3n) is 2.89. The summed E-state index contributed by atoms with van der Waals surface area (Å²) >= 11 is 6.18. The van der Waals surface area contributed by atoms with Crippen LogP contribution in [0.4, 0.5) is 0 Å². The highest BCUT2D eigenvalue weighted by molar-refractivity contribution is 6.31. The van der Waals surface area contributed by atoms with Gasteiger partial charge >= 0.3 is 0 Å². The molecule has 0 radical (unpaired) electrons. The van der Waals surface area contributed by atoms with Crippen molar-refractivity contribution in [1.82, 2.24) is 14.8 Å². The van der Waals surface area contributed by atoms with Crippen molar-refractivity contribution in [1.29, 1.82) is 0 Å². The van der Waals surface area contributed by atoms with Crippen LogP contribution < -0.4 is 10.5 Å². The van der Waals surface area contributed by atoms with Gasteiger partial charge in [0, 0.05) is 19.3 Å². The summed E-state index contributed by atoms with van der Waals surface area (Å²) < 4.78 is 7.48. The predicted octanol–water partition coefficient (Wildman–Crippen LogP) is 2.12. The van der Waals surface area contributed by atoms with Crippen LogP contribution >= 0.6 is 11.6 Å². The summed E-state index contributed by atoms with van der Waals surface area (Å²) in [5.41, 5.74) is 8.96. The Morgan fingerprint density at radius 2 is 2.11 bits per heavy atom. The molecular formula is C13H17ClN4O. The Labute approximate surface area is 117 Å². The second-order valence-electron chi connectivity index (χ2n) is 4.36. The molecule has 102 valence electrons. The monoisotopic (exact) mass is 280 g/mol. The normalized spacial score (nSPS) is 10.8. The molecule has 5 nitrogen and oxygen atoms in total. The van der Waals surface area contributed by atoms with Crippen LogP contribution in [-0.2, 0) is 20.2 Å². The fourth-order valence-corrected chi connectivity index (χ4v) is 2.07. The average molecular weight is 281 g/mol. The van der Waals surface area contributed by atoms with E-state index in [-0.39, 0.29) is 0 Å². The molecule has 0 aromatic carbocycles. The third-order valence-corrected chi connectivity index (χ3v) is 3.38. The number of ether oxygens (including phenoxy) is 1. The van der Waals surface area contributed by atoms with E-state index in [2.05, 4.69) is 10.1 Å². The molecule has 0 aliphatic heterocycles. The number of hydrogen-bond acceptors (Lipinski definition) is 4. The van der Waals surface area contributed by atoms with E-state index in [4.69, 9.17) is 22.1 Å². The highest BCUT2D eigenvalue weighted by Crippen LogP contribution is 2.23. The average Bonchev–Trinajstić information content (AvgIpc) is 2.62. The van der Waals surface area contributed by atoms with Gasteiger partial charge in [-0.15, -0.1) is 0 Å². The van der Waals surface area contributed by atoms with E-state index < -0.39 is 0 Å². The number of halogens is 1. The second kappa shape index (κ2) is 5.59. The fourth-order valence-electron chi connectivity index (χ4n) is 1.86. The summed E-state index contributed by atoms with van der Waals surface area (Å²) in [7, 11) is 1.84. The van der Waals surface area contributed by atoms with Gasteiger partial charge in [-0.1, -0.05) is 11.6 Å². The lowest BCUT2D eigenvalue weighted by Gasteiger charge is -2.10. The lowest BCUT2D eigenvalue weighted by Crippen LogP contribution is -2.08. The van der Waals surface area contributed by atoms with Crippen LogP contribution in [0, 0.1) is 13.8 Å². The van der Waals surface area contributed by atoms with E-state index in [1.165, 1.54) is 0 Å². The van der Waals surface area contributed by atoms with Crippen molar-refractivity contribution < 1.29 is 4.74 Å². The van der Waals surface area contributed by atoms with Crippen molar-refractivity contribution in [3.8, 4) is 5.75 Å². The number of nitrogens with zero attached hydrogens (tertiary/aromatic N) is 3. The van der Waals surface area contributed by atoms with Crippen LogP contribution in [0.15, 0.2) is 12.1 Å². The smallest absolute Gasteiger partial charge is 0.142 e. The first-order valence-corrected chi connectivity index (χ1v) is 6.38. The molecule has 2 rings (SSSR count). The molecule has 0 saturated carbocycles. The molecule has 0 amide bonds. The molecule has 6 heteroatoms. The molecule has 2 heterocycles. The first kappa shape index (κ1) is 13.8. The van der Waals surface area contributed by atoms with E-state index >= 15 is 0 Å². The predicted molar refractivity (Wildman–Crippen MR) is 74.2 cm³/mol. The summed E-state index contributed by atoms with van der Waals surface area (Å²) in [4.78, 5) is 4.35. The van der Waals surface area contributed by atoms with Crippen molar-refractivity contribution in [2.75, 3.05) is 0 Å². The second-order valence-corrected chi connectivity index (χ2v) is 4.74. The van der Waals surface area contributed by atoms with Crippen molar-refractivity contribution in [2.24, 2.45) is 12.8 Å². The summed E-state index contributed by atoms with van der Waals surface area (Å²) in [5.74, 6) is 0.683. The van der Waals surface area contributed by atoms with Gasteiger partial charge in [0.2, 0.25) is 0 Å². The van der Waals surface area contributed by atoms with Gasteiger partial charge in [0.25, 0.3) is 0 Å². The lowest BCUT2D eigenvalue weighted by molar-refractivity contribution is 0.290. The Morgan fingerprint density at radius 1 is 1.37 bits per heavy atom. The maximum atomic E-state index is 6.18. The summed E-state index contributed by atoms with van der Waals surface area (Å²) in [6, 6.07) is 3.77. The number of hydrogen-bond donors (Lipinski definition) is 1. The minimum atomic E-state index is 0.341. The molecule has 0 spiro atoms. The van der Waals surface area contributed by atoms with E-state index in [0.717, 1.165) is 22.8 Å². The van der Waals surface area contributed by atoms with E-state index in [1.54, 1.807) is 4.68 Å². The Bertz CT molecular complexity index is 595. The zero-order valence-electron chi connectivity index (χ0n) is 11.3. The Kier molecular flexibility index (Phi) is 4.07. The molecule has 2 aromatic heterocycles. The van der Waals surface area contributed by atoms with Gasteiger partial charge in [-0.05, 0) is 26.0 Å². The first-order valence-electron chi connectivity index (χ1n) is 6.00. The number of aromatic nitrogens is 3. The van der Waals surface area contributed by atoms with Gasteiger partial charge < -0.3 is 10.5 Å². The number of aryl methyl sites for hydroxylation is 3. The zero-order chi connectivity index (χ0) is 14.0. The fraction of sp³-hybridized carbons (Fsp3) is 0.385. The third kappa shape index (κ3) is 2.88. The largest absolute Gasteiger partial charge is 0.485 e. The van der Waals surface area contributed by atoms with Crippen molar-refractivity contribution in [2.45, 2.75) is 27.0 Å². The van der Waals surface area contributed by atoms with Crippen molar-refractivity contribution in [3.05, 3.63) is 39.9 Å². The van der Waals surface area contributed by atoms with Crippen LogP contribution in [0.3, 0.4) is 0 Å². The Hall–Kier alpha value is -1.59. The summed E-state index contributed by atoms with van der Waals surface area (Å²) in [6.07, 6.45) is 0. The van der Waals surface area contributed by atoms with Gasteiger partial charge in [0.1, 0.15) is 12.4 Å². The first-order chi connectivity index (χ1) is 9.02. The van der Waals surface area contributed by atoms with E-state index in [0.29, 0.717) is 23.9 Å². The number of nitrogens with two attached hydrogens (primary N) is 1. The van der Waals surface area contributed by atoms with Crippen LogP contribution in [-0.4, -0.2) is 14.8 Å². The molecule has 0 atom stereocenters. The van der Waals surface area contributed by atoms with Gasteiger partial charge in [-0.25, -0.2) is 0 Å². The molecule has 0 unspecified atom stereocenters. The van der Waals surface area contributed by atoms with Crippen LogP contribution in [0.5, 0.6) is 5.75 Å². The van der Waals surface area contributed by atoms with E-state index in [1.807, 2.05) is 33.0 Å². The van der Waals surface area contributed by atoms with Crippen LogP contribution in [0.25, 0.3) is 0 Å². The highest BCUT2D eigenvalue weighted by Gasteiger charge is 2.12. The van der Waals surface area contributed by atoms with Crippen molar-refractivity contribution >= 4 is 11.6 Å². The minimum Gasteiger partial charge on any atom is -0.485 e. The molecule has 0 bridgehead atoms. The lowest BCUT2D eigenvalue weighted by atomic mass is 10.3. The number of pyridine rings is 1. The van der Waals surface area contributed by atoms with Gasteiger partial charge in [0.15, 0.2) is 0 Å². The minimum absolute atomic E-state index is 0.341. The Morgan fingerprint density at radius 3 is 2.68 bits per heavy atom. The highest BCUT2D eigenvalue weighted by atomic mass is 35.5. The standard InChI is InChI=1S/C13H17ClN4O/c1-8-4-5-12(10(6-15)16-8)19-7-11-13(14)9(2)17-18(11)3/h4-5H,6-7,15H2,1-3H3.